The van der Waals surface area contributed by atoms with Crippen LogP contribution in [0.1, 0.15) is 51.4 Å². The van der Waals surface area contributed by atoms with Crippen LogP contribution in [0.4, 0.5) is 4.79 Å². The predicted octanol–water partition coefficient (Wildman–Crippen LogP) is 5.81. The topological polar surface area (TPSA) is 26.3 Å². The quantitative estimate of drug-likeness (QED) is 0.172. The molecule has 0 aromatic carbocycles. The van der Waals surface area contributed by atoms with Gasteiger partial charge in [-0.3, -0.25) is 0 Å². The van der Waals surface area contributed by atoms with Crippen molar-refractivity contribution in [1.82, 2.24) is 0 Å². The second kappa shape index (κ2) is 14.4. The summed E-state index contributed by atoms with van der Waals surface area (Å²) >= 11 is 6.90. The molecule has 0 N–H and O–H groups in total. The normalized spacial score (nSPS) is 12.4. The van der Waals surface area contributed by atoms with Gasteiger partial charge in [-0.2, -0.15) is 0 Å². The minimum absolute atomic E-state index is 0.110. The first-order chi connectivity index (χ1) is 8.74. The molecule has 0 radical (unpaired) electrons. The molecule has 18 heavy (non-hydrogen) atoms. The van der Waals surface area contributed by atoms with Gasteiger partial charge in [0, 0.05) is 9.76 Å². The highest BCUT2D eigenvalue weighted by Gasteiger charge is 2.11. The van der Waals surface area contributed by atoms with Crippen LogP contribution in [0, 0.1) is 0 Å². The van der Waals surface area contributed by atoms with Gasteiger partial charge in [-0.05, 0) is 37.3 Å². The summed E-state index contributed by atoms with van der Waals surface area (Å²) in [5.41, 5.74) is 0. The minimum atomic E-state index is -0.147. The predicted molar refractivity (Wildman–Crippen MR) is 93.4 cm³/mol. The van der Waals surface area contributed by atoms with Crippen molar-refractivity contribution < 1.29 is 9.53 Å². The van der Waals surface area contributed by atoms with Crippen LogP contribution in [0.3, 0.4) is 0 Å². The molecule has 0 aromatic heterocycles. The number of unbranched alkanes of at least 4 members (excludes halogenated alkanes) is 6. The number of carbonyl (C=O) groups is 1. The lowest BCUT2D eigenvalue weighted by Crippen LogP contribution is -2.16. The van der Waals surface area contributed by atoms with Gasteiger partial charge in [0.1, 0.15) is 6.10 Å². The van der Waals surface area contributed by atoms with Crippen LogP contribution >= 0.6 is 50.3 Å². The van der Waals surface area contributed by atoms with E-state index < -0.39 is 0 Å². The third-order valence-electron chi connectivity index (χ3n) is 2.76. The van der Waals surface area contributed by atoms with Gasteiger partial charge in [-0.25, -0.2) is 4.79 Å². The van der Waals surface area contributed by atoms with Crippen molar-refractivity contribution in [3.8, 4) is 0 Å². The summed E-state index contributed by atoms with van der Waals surface area (Å²) in [5.74, 6) is 0. The van der Waals surface area contributed by atoms with Crippen molar-refractivity contribution in [2.75, 3.05) is 16.0 Å². The van der Waals surface area contributed by atoms with E-state index in [1.165, 1.54) is 44.9 Å². The SMILES string of the molecule is CSC(=O)OC(CI)CCCCCCCCCBr. The molecule has 0 aliphatic heterocycles. The largest absolute Gasteiger partial charge is 0.453 e. The van der Waals surface area contributed by atoms with E-state index >= 15 is 0 Å². The van der Waals surface area contributed by atoms with Crippen LogP contribution in [-0.2, 0) is 4.74 Å². The maximum absolute atomic E-state index is 11.2. The molecular weight excluding hydrogens is 427 g/mol. The van der Waals surface area contributed by atoms with E-state index in [4.69, 9.17) is 4.74 Å². The third kappa shape index (κ3) is 12.1. The van der Waals surface area contributed by atoms with Gasteiger partial charge in [-0.15, -0.1) is 0 Å². The Balaban J connectivity index is 3.37. The third-order valence-corrected chi connectivity index (χ3v) is 4.73. The first-order valence-corrected chi connectivity index (χ1v) is 10.5. The average Bonchev–Trinajstić information content (AvgIpc) is 2.40. The lowest BCUT2D eigenvalue weighted by molar-refractivity contribution is 0.130. The summed E-state index contributed by atoms with van der Waals surface area (Å²) in [6.07, 6.45) is 12.0. The zero-order valence-corrected chi connectivity index (χ0v) is 15.7. The Morgan fingerprint density at radius 1 is 1.17 bits per heavy atom. The van der Waals surface area contributed by atoms with Crippen molar-refractivity contribution in [3.63, 3.8) is 0 Å². The second-order valence-electron chi connectivity index (χ2n) is 4.30. The Labute approximate surface area is 138 Å². The molecule has 0 amide bonds. The van der Waals surface area contributed by atoms with Crippen LogP contribution < -0.4 is 0 Å². The molecule has 0 aliphatic rings. The molecule has 1 unspecified atom stereocenters. The average molecular weight is 451 g/mol. The van der Waals surface area contributed by atoms with Crippen LogP contribution in [0.5, 0.6) is 0 Å². The smallest absolute Gasteiger partial charge is 0.367 e. The number of halogens is 2. The molecule has 0 fully saturated rings. The van der Waals surface area contributed by atoms with Gasteiger partial charge in [0.25, 0.3) is 0 Å². The maximum Gasteiger partial charge on any atom is 0.367 e. The minimum Gasteiger partial charge on any atom is -0.453 e. The highest BCUT2D eigenvalue weighted by molar-refractivity contribution is 14.1. The number of ether oxygens (including phenoxy) is 1. The molecule has 0 spiro atoms. The molecule has 0 aromatic rings. The Kier molecular flexibility index (Phi) is 15.3. The number of hydrogen-bond donors (Lipinski definition) is 0. The Hall–Kier alpha value is 1.03. The second-order valence-corrected chi connectivity index (χ2v) is 6.72. The molecule has 0 bridgehead atoms. The summed E-state index contributed by atoms with van der Waals surface area (Å²) in [5, 5.41) is 0.983. The number of carbonyl (C=O) groups excluding carboxylic acids is 1. The van der Waals surface area contributed by atoms with E-state index in [0.29, 0.717) is 0 Å². The monoisotopic (exact) mass is 450 g/mol. The number of hydrogen-bond acceptors (Lipinski definition) is 3. The van der Waals surface area contributed by atoms with Gasteiger partial charge in [0.2, 0.25) is 0 Å². The van der Waals surface area contributed by atoms with Crippen LogP contribution in [0.2, 0.25) is 0 Å². The molecule has 2 nitrogen and oxygen atoms in total. The first kappa shape index (κ1) is 19.0. The van der Waals surface area contributed by atoms with Crippen LogP contribution in [0.25, 0.3) is 0 Å². The molecule has 1 atom stereocenters. The summed E-state index contributed by atoms with van der Waals surface area (Å²) in [7, 11) is 0. The van der Waals surface area contributed by atoms with E-state index in [1.54, 1.807) is 6.26 Å². The Morgan fingerprint density at radius 3 is 2.22 bits per heavy atom. The van der Waals surface area contributed by atoms with E-state index in [1.807, 2.05) is 0 Å². The zero-order valence-electron chi connectivity index (χ0n) is 11.1. The molecule has 0 aliphatic carbocycles. The van der Waals surface area contributed by atoms with Crippen molar-refractivity contribution in [2.45, 2.75) is 57.5 Å². The van der Waals surface area contributed by atoms with Gasteiger partial charge in [-0.1, -0.05) is 70.6 Å². The van der Waals surface area contributed by atoms with Crippen molar-refractivity contribution >= 4 is 55.6 Å². The lowest BCUT2D eigenvalue weighted by atomic mass is 10.1. The fourth-order valence-corrected chi connectivity index (χ4v) is 2.95. The van der Waals surface area contributed by atoms with E-state index in [9.17, 15) is 4.79 Å². The van der Waals surface area contributed by atoms with Crippen molar-refractivity contribution in [1.29, 1.82) is 0 Å². The molecule has 0 heterocycles. The highest BCUT2D eigenvalue weighted by Crippen LogP contribution is 2.15. The summed E-state index contributed by atoms with van der Waals surface area (Å²) in [6, 6.07) is 0. The summed E-state index contributed by atoms with van der Waals surface area (Å²) in [6.45, 7) is 0. The molecule has 5 heteroatoms. The Morgan fingerprint density at radius 2 is 1.72 bits per heavy atom. The van der Waals surface area contributed by atoms with Crippen LogP contribution in [0.15, 0.2) is 0 Å². The molecular formula is C13H24BrIO2S. The number of thioether (sulfide) groups is 1. The molecule has 0 saturated heterocycles. The van der Waals surface area contributed by atoms with E-state index in [2.05, 4.69) is 38.5 Å². The molecule has 108 valence electrons. The van der Waals surface area contributed by atoms with E-state index in [-0.39, 0.29) is 11.4 Å². The number of alkyl halides is 2. The highest BCUT2D eigenvalue weighted by atomic mass is 127. The van der Waals surface area contributed by atoms with Gasteiger partial charge >= 0.3 is 5.30 Å². The zero-order chi connectivity index (χ0) is 13.6. The standard InChI is InChI=1S/C13H24BrIO2S/c1-18-13(16)17-12(11-15)9-7-5-3-2-4-6-8-10-14/h12H,2-11H2,1H3. The first-order valence-electron chi connectivity index (χ1n) is 6.61. The van der Waals surface area contributed by atoms with E-state index in [0.717, 1.165) is 27.9 Å². The fourth-order valence-electron chi connectivity index (χ4n) is 1.70. The fraction of sp³-hybridized carbons (Fsp3) is 0.923. The van der Waals surface area contributed by atoms with Gasteiger partial charge < -0.3 is 4.74 Å². The molecule has 0 rings (SSSR count). The Bertz CT molecular complexity index is 205. The molecule has 0 saturated carbocycles. The van der Waals surface area contributed by atoms with Gasteiger partial charge in [0.15, 0.2) is 0 Å². The summed E-state index contributed by atoms with van der Waals surface area (Å²) < 4.78 is 6.22. The van der Waals surface area contributed by atoms with Crippen LogP contribution in [-0.4, -0.2) is 27.4 Å². The number of rotatable bonds is 11. The summed E-state index contributed by atoms with van der Waals surface area (Å²) in [4.78, 5) is 11.2. The van der Waals surface area contributed by atoms with Gasteiger partial charge in [0.05, 0.1) is 0 Å². The van der Waals surface area contributed by atoms with Crippen molar-refractivity contribution in [2.24, 2.45) is 0 Å². The van der Waals surface area contributed by atoms with Crippen molar-refractivity contribution in [3.05, 3.63) is 0 Å². The maximum atomic E-state index is 11.2. The lowest BCUT2D eigenvalue weighted by Gasteiger charge is -2.14.